The van der Waals surface area contributed by atoms with Crippen LogP contribution in [0, 0.1) is 0 Å². The van der Waals surface area contributed by atoms with Gasteiger partial charge in [-0.25, -0.2) is 0 Å². The van der Waals surface area contributed by atoms with E-state index in [0.717, 1.165) is 43.5 Å². The number of likely N-dealkylation sites (N-methyl/N-ethyl adjacent to an activating group) is 1. The molecule has 22 heavy (non-hydrogen) atoms. The Morgan fingerprint density at radius 1 is 1.14 bits per heavy atom. The number of fused-ring (bicyclic) bond motifs is 1. The first kappa shape index (κ1) is 15.7. The van der Waals surface area contributed by atoms with E-state index in [2.05, 4.69) is 75.7 Å². The third-order valence-corrected chi connectivity index (χ3v) is 4.90. The van der Waals surface area contributed by atoms with Gasteiger partial charge in [-0.2, -0.15) is 0 Å². The van der Waals surface area contributed by atoms with Crippen LogP contribution in [0.1, 0.15) is 22.3 Å². The summed E-state index contributed by atoms with van der Waals surface area (Å²) >= 11 is 3.49. The van der Waals surface area contributed by atoms with Crippen molar-refractivity contribution in [1.29, 1.82) is 0 Å². The molecule has 0 saturated heterocycles. The molecule has 2 aromatic carbocycles. The summed E-state index contributed by atoms with van der Waals surface area (Å²) in [7, 11) is 2.22. The minimum Gasteiger partial charge on any atom is -0.312 e. The zero-order valence-corrected chi connectivity index (χ0v) is 14.7. The molecular weight excluding hydrogens is 336 g/mol. The lowest BCUT2D eigenvalue weighted by molar-refractivity contribution is 0.329. The maximum atomic E-state index is 3.49. The molecule has 0 saturated carbocycles. The van der Waals surface area contributed by atoms with E-state index in [1.807, 2.05) is 0 Å². The monoisotopic (exact) mass is 358 g/mol. The van der Waals surface area contributed by atoms with Gasteiger partial charge in [-0.1, -0.05) is 46.3 Å². The molecule has 0 fully saturated rings. The highest BCUT2D eigenvalue weighted by Gasteiger charge is 2.13. The van der Waals surface area contributed by atoms with Crippen LogP contribution in [0.15, 0.2) is 46.9 Å². The Morgan fingerprint density at radius 2 is 1.95 bits per heavy atom. The van der Waals surface area contributed by atoms with Gasteiger partial charge in [0, 0.05) is 24.1 Å². The first-order valence-corrected chi connectivity index (χ1v) is 8.75. The first-order valence-electron chi connectivity index (χ1n) is 7.96. The molecule has 0 radical (unpaired) electrons. The molecule has 2 nitrogen and oxygen atoms in total. The molecule has 0 atom stereocenters. The largest absolute Gasteiger partial charge is 0.312 e. The van der Waals surface area contributed by atoms with Gasteiger partial charge in [0.2, 0.25) is 0 Å². The van der Waals surface area contributed by atoms with Gasteiger partial charge in [-0.15, -0.1) is 0 Å². The fourth-order valence-electron chi connectivity index (χ4n) is 3.10. The zero-order chi connectivity index (χ0) is 15.4. The van der Waals surface area contributed by atoms with E-state index in [0.29, 0.717) is 0 Å². The van der Waals surface area contributed by atoms with E-state index in [1.165, 1.54) is 16.7 Å². The van der Waals surface area contributed by atoms with Crippen molar-refractivity contribution in [3.8, 4) is 0 Å². The topological polar surface area (TPSA) is 15.3 Å². The Bertz CT molecular complexity index is 622. The summed E-state index contributed by atoms with van der Waals surface area (Å²) in [6.07, 6.45) is 2.26. The number of halogens is 1. The van der Waals surface area contributed by atoms with Crippen LogP contribution in [0.2, 0.25) is 0 Å². The molecule has 116 valence electrons. The number of rotatable bonds is 5. The summed E-state index contributed by atoms with van der Waals surface area (Å²) in [5.74, 6) is 0. The third kappa shape index (κ3) is 3.97. The number of nitrogens with zero attached hydrogens (tertiary/aromatic N) is 1. The molecule has 1 N–H and O–H groups in total. The van der Waals surface area contributed by atoms with E-state index >= 15 is 0 Å². The van der Waals surface area contributed by atoms with Gasteiger partial charge in [0.05, 0.1) is 0 Å². The molecule has 0 bridgehead atoms. The lowest BCUT2D eigenvalue weighted by Crippen LogP contribution is -2.27. The summed E-state index contributed by atoms with van der Waals surface area (Å²) in [5, 5.41) is 3.46. The Kier molecular flexibility index (Phi) is 5.29. The smallest absolute Gasteiger partial charge is 0.0233 e. The molecule has 2 aromatic rings. The Hall–Kier alpha value is -1.16. The van der Waals surface area contributed by atoms with Crippen molar-refractivity contribution >= 4 is 15.9 Å². The van der Waals surface area contributed by atoms with Crippen molar-refractivity contribution in [3.05, 3.63) is 69.2 Å². The highest BCUT2D eigenvalue weighted by atomic mass is 79.9. The summed E-state index contributed by atoms with van der Waals surface area (Å²) in [6, 6.07) is 15.4. The lowest BCUT2D eigenvalue weighted by atomic mass is 9.95. The van der Waals surface area contributed by atoms with Gasteiger partial charge < -0.3 is 10.2 Å². The molecule has 0 amide bonds. The van der Waals surface area contributed by atoms with Crippen LogP contribution in [-0.2, 0) is 25.9 Å². The quantitative estimate of drug-likeness (QED) is 0.874. The molecule has 1 aliphatic heterocycles. The van der Waals surface area contributed by atoms with Crippen LogP contribution in [0.3, 0.4) is 0 Å². The van der Waals surface area contributed by atoms with Crippen molar-refractivity contribution in [3.63, 3.8) is 0 Å². The molecule has 0 aromatic heterocycles. The fourth-order valence-corrected chi connectivity index (χ4v) is 3.36. The Labute approximate surface area is 141 Å². The normalized spacial score (nSPS) is 14.1. The highest BCUT2D eigenvalue weighted by molar-refractivity contribution is 9.10. The third-order valence-electron chi connectivity index (χ3n) is 4.37. The van der Waals surface area contributed by atoms with Crippen LogP contribution in [-0.4, -0.2) is 25.0 Å². The molecule has 3 heteroatoms. The zero-order valence-electron chi connectivity index (χ0n) is 13.1. The van der Waals surface area contributed by atoms with Gasteiger partial charge >= 0.3 is 0 Å². The van der Waals surface area contributed by atoms with Crippen molar-refractivity contribution in [1.82, 2.24) is 10.2 Å². The second kappa shape index (κ2) is 7.40. The minimum absolute atomic E-state index is 1.02. The van der Waals surface area contributed by atoms with Crippen molar-refractivity contribution in [2.75, 3.05) is 20.1 Å². The number of nitrogens with one attached hydrogen (secondary N) is 1. The minimum atomic E-state index is 1.02. The van der Waals surface area contributed by atoms with E-state index in [-0.39, 0.29) is 0 Å². The summed E-state index contributed by atoms with van der Waals surface area (Å²) in [5.41, 5.74) is 5.94. The molecule has 1 aliphatic rings. The average molecular weight is 359 g/mol. The average Bonchev–Trinajstić information content (AvgIpc) is 2.55. The van der Waals surface area contributed by atoms with Crippen molar-refractivity contribution in [2.24, 2.45) is 0 Å². The van der Waals surface area contributed by atoms with E-state index in [9.17, 15) is 0 Å². The molecule has 0 aliphatic carbocycles. The maximum absolute atomic E-state index is 3.49. The van der Waals surface area contributed by atoms with Crippen LogP contribution < -0.4 is 5.32 Å². The van der Waals surface area contributed by atoms with Crippen LogP contribution in [0.25, 0.3) is 0 Å². The first-order chi connectivity index (χ1) is 10.7. The molecule has 0 unspecified atom stereocenters. The Morgan fingerprint density at radius 3 is 2.77 bits per heavy atom. The molecular formula is C19H23BrN2. The van der Waals surface area contributed by atoms with Gasteiger partial charge in [0.15, 0.2) is 0 Å². The second-order valence-corrected chi connectivity index (χ2v) is 7.01. The van der Waals surface area contributed by atoms with Crippen LogP contribution >= 0.6 is 15.9 Å². The van der Waals surface area contributed by atoms with Gasteiger partial charge in [0.25, 0.3) is 0 Å². The summed E-state index contributed by atoms with van der Waals surface area (Å²) in [4.78, 5) is 2.43. The lowest BCUT2D eigenvalue weighted by Gasteiger charge is -2.23. The second-order valence-electron chi connectivity index (χ2n) is 6.10. The van der Waals surface area contributed by atoms with E-state index in [4.69, 9.17) is 0 Å². The number of hydrogen-bond acceptors (Lipinski definition) is 2. The standard InChI is InChI=1S/C19H23BrN2/c1-22(12-10-15-5-7-18(20)8-6-15)14-17-4-2-3-16-13-21-11-9-19(16)17/h2-8,21H,9-14H2,1H3. The Balaban J connectivity index is 1.60. The summed E-state index contributed by atoms with van der Waals surface area (Å²) < 4.78 is 1.15. The van der Waals surface area contributed by atoms with Crippen molar-refractivity contribution < 1.29 is 0 Å². The van der Waals surface area contributed by atoms with Crippen LogP contribution in [0.5, 0.6) is 0 Å². The number of benzene rings is 2. The number of hydrogen-bond donors (Lipinski definition) is 1. The van der Waals surface area contributed by atoms with Crippen molar-refractivity contribution in [2.45, 2.75) is 25.9 Å². The summed E-state index contributed by atoms with van der Waals surface area (Å²) in [6.45, 7) is 4.25. The molecule has 3 rings (SSSR count). The SMILES string of the molecule is CN(CCc1ccc(Br)cc1)Cc1cccc2c1CCNC2. The predicted molar refractivity (Wildman–Crippen MR) is 96.0 cm³/mol. The molecule has 0 spiro atoms. The van der Waals surface area contributed by atoms with Gasteiger partial charge in [-0.3, -0.25) is 0 Å². The van der Waals surface area contributed by atoms with E-state index in [1.54, 1.807) is 5.56 Å². The molecule has 1 heterocycles. The van der Waals surface area contributed by atoms with Crippen LogP contribution in [0.4, 0.5) is 0 Å². The van der Waals surface area contributed by atoms with E-state index < -0.39 is 0 Å². The predicted octanol–water partition coefficient (Wildman–Crippen LogP) is 3.77. The highest BCUT2D eigenvalue weighted by Crippen LogP contribution is 2.20. The maximum Gasteiger partial charge on any atom is 0.0233 e. The fraction of sp³-hybridized carbons (Fsp3) is 0.368. The van der Waals surface area contributed by atoms with Gasteiger partial charge in [-0.05, 0) is 60.8 Å². The van der Waals surface area contributed by atoms with Gasteiger partial charge in [0.1, 0.15) is 0 Å².